The Balaban J connectivity index is 1.24. The third-order valence-corrected chi connectivity index (χ3v) is 8.37. The van der Waals surface area contributed by atoms with Gasteiger partial charge in [-0.1, -0.05) is 0 Å². The maximum atomic E-state index is 13.2. The predicted octanol–water partition coefficient (Wildman–Crippen LogP) is 3.47. The molecule has 2 fully saturated rings. The van der Waals surface area contributed by atoms with Crippen molar-refractivity contribution in [3.8, 4) is 0 Å². The molecule has 2 saturated heterocycles. The minimum Gasteiger partial charge on any atom is -0.381 e. The lowest BCUT2D eigenvalue weighted by molar-refractivity contribution is -0.121. The number of hydrogen-bond donors (Lipinski definition) is 1. The summed E-state index contributed by atoms with van der Waals surface area (Å²) in [5, 5.41) is 4.25. The lowest BCUT2D eigenvalue weighted by Crippen LogP contribution is -2.35. The number of carbonyl (C=O) groups is 2. The average Bonchev–Trinajstić information content (AvgIpc) is 3.49. The molecular weight excluding hydrogens is 442 g/mol. The van der Waals surface area contributed by atoms with E-state index in [1.165, 1.54) is 41.4 Å². The van der Waals surface area contributed by atoms with Crippen molar-refractivity contribution in [1.29, 1.82) is 0 Å². The number of nitrogens with zero attached hydrogens (tertiary/aromatic N) is 2. The molecule has 35 heavy (non-hydrogen) atoms. The van der Waals surface area contributed by atoms with Crippen molar-refractivity contribution in [2.24, 2.45) is 18.9 Å². The van der Waals surface area contributed by atoms with Gasteiger partial charge in [0.2, 0.25) is 5.91 Å². The van der Waals surface area contributed by atoms with Crippen LogP contribution in [0.3, 0.4) is 0 Å². The van der Waals surface area contributed by atoms with Gasteiger partial charge in [0.25, 0.3) is 5.91 Å². The normalized spacial score (nSPS) is 22.8. The van der Waals surface area contributed by atoms with Crippen LogP contribution in [0.4, 0.5) is 0 Å². The van der Waals surface area contributed by atoms with Crippen LogP contribution < -0.4 is 5.32 Å². The minimum atomic E-state index is 0.0193. The highest BCUT2D eigenvalue weighted by atomic mass is 16.5. The Morgan fingerprint density at radius 1 is 1.09 bits per heavy atom. The summed E-state index contributed by atoms with van der Waals surface area (Å²) >= 11 is 0. The standard InChI is InChI=1S/C28H39N3O4/c1-30(12-3-4-27(32)29-22-11-15-35-18-22)28(33)21-6-8-26-24(17-21)23-16-20(5-7-25(23)31(26)2)19-9-13-34-14-10-19/h6,8,17,19-20,22H,3-5,7,9-16,18H2,1-2H3,(H,29,32). The van der Waals surface area contributed by atoms with E-state index < -0.39 is 0 Å². The molecule has 3 heterocycles. The van der Waals surface area contributed by atoms with Gasteiger partial charge < -0.3 is 24.3 Å². The highest BCUT2D eigenvalue weighted by Gasteiger charge is 2.31. The SMILES string of the molecule is CN(CCCC(=O)NC1CCOC1)C(=O)c1ccc2c(c1)c1c(n2C)CCC(C2CCOCC2)C1. The van der Waals surface area contributed by atoms with Gasteiger partial charge in [0, 0.05) is 69.0 Å². The molecule has 7 nitrogen and oxygen atoms in total. The first-order valence-corrected chi connectivity index (χ1v) is 13.3. The number of benzene rings is 1. The fourth-order valence-corrected chi connectivity index (χ4v) is 6.28. The second kappa shape index (κ2) is 10.7. The Bertz CT molecular complexity index is 1070. The van der Waals surface area contributed by atoms with Crippen molar-refractivity contribution in [2.45, 2.75) is 57.4 Å². The van der Waals surface area contributed by atoms with Crippen LogP contribution >= 0.6 is 0 Å². The Morgan fingerprint density at radius 3 is 2.66 bits per heavy atom. The molecule has 2 atom stereocenters. The molecule has 1 aromatic heterocycles. The van der Waals surface area contributed by atoms with Crippen LogP contribution in [0.2, 0.25) is 0 Å². The molecule has 5 rings (SSSR count). The number of aryl methyl sites for hydroxylation is 1. The van der Waals surface area contributed by atoms with Crippen LogP contribution in [0.25, 0.3) is 10.9 Å². The molecule has 0 bridgehead atoms. The summed E-state index contributed by atoms with van der Waals surface area (Å²) in [5.74, 6) is 1.52. The van der Waals surface area contributed by atoms with Crippen molar-refractivity contribution in [2.75, 3.05) is 40.0 Å². The molecule has 1 aromatic carbocycles. The third kappa shape index (κ3) is 5.26. The molecule has 2 aromatic rings. The van der Waals surface area contributed by atoms with E-state index in [1.807, 2.05) is 13.1 Å². The van der Waals surface area contributed by atoms with E-state index in [0.717, 1.165) is 44.0 Å². The van der Waals surface area contributed by atoms with E-state index in [1.54, 1.807) is 4.90 Å². The Morgan fingerprint density at radius 2 is 1.89 bits per heavy atom. The molecular formula is C28H39N3O4. The number of hydrogen-bond acceptors (Lipinski definition) is 4. The number of rotatable bonds is 7. The zero-order valence-corrected chi connectivity index (χ0v) is 21.2. The summed E-state index contributed by atoms with van der Waals surface area (Å²) in [4.78, 5) is 27.1. The summed E-state index contributed by atoms with van der Waals surface area (Å²) in [5.41, 5.74) is 4.82. The molecule has 2 aliphatic heterocycles. The van der Waals surface area contributed by atoms with Crippen LogP contribution in [0, 0.1) is 11.8 Å². The van der Waals surface area contributed by atoms with Crippen LogP contribution in [-0.2, 0) is 34.2 Å². The van der Waals surface area contributed by atoms with Crippen molar-refractivity contribution >= 4 is 22.7 Å². The number of nitrogens with one attached hydrogen (secondary N) is 1. The average molecular weight is 482 g/mol. The van der Waals surface area contributed by atoms with Gasteiger partial charge in [-0.05, 0) is 80.5 Å². The summed E-state index contributed by atoms with van der Waals surface area (Å²) in [6, 6.07) is 6.30. The maximum Gasteiger partial charge on any atom is 0.253 e. The van der Waals surface area contributed by atoms with Crippen LogP contribution in [0.1, 0.15) is 60.1 Å². The Hall–Kier alpha value is -2.38. The van der Waals surface area contributed by atoms with Crippen molar-refractivity contribution in [1.82, 2.24) is 14.8 Å². The molecule has 2 unspecified atom stereocenters. The zero-order valence-electron chi connectivity index (χ0n) is 21.2. The van der Waals surface area contributed by atoms with E-state index >= 15 is 0 Å². The maximum absolute atomic E-state index is 13.2. The fourth-order valence-electron chi connectivity index (χ4n) is 6.28. The third-order valence-electron chi connectivity index (χ3n) is 8.37. The number of aromatic nitrogens is 1. The summed E-state index contributed by atoms with van der Waals surface area (Å²) in [6.07, 6.45) is 7.76. The number of amides is 2. The first-order chi connectivity index (χ1) is 17.0. The smallest absolute Gasteiger partial charge is 0.253 e. The lowest BCUT2D eigenvalue weighted by Gasteiger charge is -2.33. The van der Waals surface area contributed by atoms with Crippen molar-refractivity contribution in [3.63, 3.8) is 0 Å². The van der Waals surface area contributed by atoms with Crippen LogP contribution in [-0.4, -0.2) is 67.3 Å². The first kappa shape index (κ1) is 24.3. The van der Waals surface area contributed by atoms with Crippen molar-refractivity contribution < 1.29 is 19.1 Å². The quantitative estimate of drug-likeness (QED) is 0.657. The molecule has 7 heteroatoms. The fraction of sp³-hybridized carbons (Fsp3) is 0.643. The monoisotopic (exact) mass is 481 g/mol. The highest BCUT2D eigenvalue weighted by Crippen LogP contribution is 2.39. The van der Waals surface area contributed by atoms with Gasteiger partial charge >= 0.3 is 0 Å². The van der Waals surface area contributed by atoms with Gasteiger partial charge in [-0.25, -0.2) is 0 Å². The second-order valence-electron chi connectivity index (χ2n) is 10.6. The molecule has 0 radical (unpaired) electrons. The van der Waals surface area contributed by atoms with Crippen LogP contribution in [0.15, 0.2) is 18.2 Å². The second-order valence-corrected chi connectivity index (χ2v) is 10.6. The molecule has 190 valence electrons. The van der Waals surface area contributed by atoms with Gasteiger partial charge in [0.1, 0.15) is 0 Å². The summed E-state index contributed by atoms with van der Waals surface area (Å²) in [7, 11) is 3.99. The first-order valence-electron chi connectivity index (χ1n) is 13.3. The number of ether oxygens (including phenoxy) is 2. The Labute approximate surface area is 208 Å². The van der Waals surface area contributed by atoms with E-state index in [9.17, 15) is 9.59 Å². The molecule has 0 spiro atoms. The van der Waals surface area contributed by atoms with Gasteiger partial charge in [0.05, 0.1) is 12.6 Å². The predicted molar refractivity (Wildman–Crippen MR) is 136 cm³/mol. The van der Waals surface area contributed by atoms with E-state index in [0.29, 0.717) is 38.5 Å². The molecule has 2 amide bonds. The molecule has 0 saturated carbocycles. The van der Waals surface area contributed by atoms with Gasteiger partial charge in [-0.3, -0.25) is 9.59 Å². The van der Waals surface area contributed by atoms with Gasteiger partial charge in [-0.2, -0.15) is 0 Å². The van der Waals surface area contributed by atoms with Gasteiger partial charge in [-0.15, -0.1) is 0 Å². The minimum absolute atomic E-state index is 0.0193. The van der Waals surface area contributed by atoms with E-state index in [4.69, 9.17) is 9.47 Å². The van der Waals surface area contributed by atoms with E-state index in [-0.39, 0.29) is 17.9 Å². The van der Waals surface area contributed by atoms with Crippen molar-refractivity contribution in [3.05, 3.63) is 35.0 Å². The molecule has 3 aliphatic rings. The Kier molecular flexibility index (Phi) is 7.44. The lowest BCUT2D eigenvalue weighted by atomic mass is 9.75. The topological polar surface area (TPSA) is 72.8 Å². The summed E-state index contributed by atoms with van der Waals surface area (Å²) < 4.78 is 13.2. The molecule has 1 N–H and O–H groups in total. The largest absolute Gasteiger partial charge is 0.381 e. The van der Waals surface area contributed by atoms with E-state index in [2.05, 4.69) is 29.1 Å². The molecule has 1 aliphatic carbocycles. The zero-order chi connectivity index (χ0) is 24.4. The summed E-state index contributed by atoms with van der Waals surface area (Å²) in [6.45, 7) is 3.67. The van der Waals surface area contributed by atoms with Gasteiger partial charge in [0.15, 0.2) is 0 Å². The van der Waals surface area contributed by atoms with Crippen LogP contribution in [0.5, 0.6) is 0 Å². The highest BCUT2D eigenvalue weighted by molar-refractivity contribution is 5.99. The number of fused-ring (bicyclic) bond motifs is 3. The number of carbonyl (C=O) groups excluding carboxylic acids is 2.